The molecule has 1 unspecified atom stereocenters. The van der Waals surface area contributed by atoms with Crippen LogP contribution in [0.15, 0.2) is 41.8 Å². The highest BCUT2D eigenvalue weighted by Gasteiger charge is 2.31. The van der Waals surface area contributed by atoms with Gasteiger partial charge in [0.15, 0.2) is 5.03 Å². The van der Waals surface area contributed by atoms with Crippen molar-refractivity contribution in [2.24, 2.45) is 0 Å². The van der Waals surface area contributed by atoms with Gasteiger partial charge in [-0.15, -0.1) is 0 Å². The topological polar surface area (TPSA) is 64.4 Å². The molecule has 0 N–H and O–H groups in total. The summed E-state index contributed by atoms with van der Waals surface area (Å²) in [6.45, 7) is 5.04. The zero-order chi connectivity index (χ0) is 18.7. The summed E-state index contributed by atoms with van der Waals surface area (Å²) < 4.78 is 34.8. The summed E-state index contributed by atoms with van der Waals surface area (Å²) in [5.74, 6) is 0.997. The molecule has 6 nitrogen and oxygen atoms in total. The minimum atomic E-state index is -3.58. The average Bonchev–Trinajstić information content (AvgIpc) is 3.01. The predicted octanol–water partition coefficient (Wildman–Crippen LogP) is 3.43. The van der Waals surface area contributed by atoms with Gasteiger partial charge in [0, 0.05) is 25.3 Å². The van der Waals surface area contributed by atoms with Crippen molar-refractivity contribution in [3.8, 4) is 5.75 Å². The second-order valence-electron chi connectivity index (χ2n) is 7.08. The Kier molecular flexibility index (Phi) is 5.67. The van der Waals surface area contributed by atoms with Gasteiger partial charge in [-0.1, -0.05) is 18.6 Å². The molecule has 3 rings (SSSR count). The summed E-state index contributed by atoms with van der Waals surface area (Å²) in [6, 6.07) is 8.12. The summed E-state index contributed by atoms with van der Waals surface area (Å²) in [5, 5.41) is 0.140. The third kappa shape index (κ3) is 3.94. The van der Waals surface area contributed by atoms with E-state index in [1.807, 2.05) is 42.7 Å². The number of rotatable bonds is 5. The number of hydrogen-bond donors (Lipinski definition) is 0. The van der Waals surface area contributed by atoms with Crippen LogP contribution in [0, 0.1) is 0 Å². The molecule has 7 heteroatoms. The SMILES string of the molecule is COc1ccc(C2CCCCN(S(=O)(=O)c3cn(C(C)C)cn3)C2)cc1. The van der Waals surface area contributed by atoms with E-state index < -0.39 is 10.0 Å². The average molecular weight is 378 g/mol. The number of ether oxygens (including phenoxy) is 1. The van der Waals surface area contributed by atoms with E-state index in [1.165, 1.54) is 0 Å². The molecule has 0 radical (unpaired) electrons. The van der Waals surface area contributed by atoms with Crippen LogP contribution in [0.25, 0.3) is 0 Å². The number of sulfonamides is 1. The number of nitrogens with zero attached hydrogens (tertiary/aromatic N) is 3. The van der Waals surface area contributed by atoms with Crippen molar-refractivity contribution in [2.75, 3.05) is 20.2 Å². The Hall–Kier alpha value is -1.86. The first-order valence-electron chi connectivity index (χ1n) is 9.09. The van der Waals surface area contributed by atoms with Crippen LogP contribution in [0.4, 0.5) is 0 Å². The quantitative estimate of drug-likeness (QED) is 0.801. The first kappa shape index (κ1) is 18.9. The number of methoxy groups -OCH3 is 1. The first-order chi connectivity index (χ1) is 12.4. The molecular formula is C19H27N3O3S. The Labute approximate surface area is 155 Å². The minimum absolute atomic E-state index is 0.140. The maximum atomic E-state index is 13.1. The molecule has 1 fully saturated rings. The lowest BCUT2D eigenvalue weighted by Gasteiger charge is -2.23. The Bertz CT molecular complexity index is 828. The largest absolute Gasteiger partial charge is 0.497 e. The molecule has 1 saturated heterocycles. The van der Waals surface area contributed by atoms with E-state index >= 15 is 0 Å². The van der Waals surface area contributed by atoms with Crippen LogP contribution in [0.1, 0.15) is 50.6 Å². The fraction of sp³-hybridized carbons (Fsp3) is 0.526. The molecule has 0 amide bonds. The molecule has 2 aromatic rings. The molecular weight excluding hydrogens is 350 g/mol. The van der Waals surface area contributed by atoms with Gasteiger partial charge < -0.3 is 9.30 Å². The highest BCUT2D eigenvalue weighted by molar-refractivity contribution is 7.89. The fourth-order valence-corrected chi connectivity index (χ4v) is 4.78. The lowest BCUT2D eigenvalue weighted by Crippen LogP contribution is -2.34. The van der Waals surface area contributed by atoms with Crippen LogP contribution in [0.5, 0.6) is 5.75 Å². The van der Waals surface area contributed by atoms with E-state index in [0.717, 1.165) is 30.6 Å². The molecule has 2 heterocycles. The molecule has 0 bridgehead atoms. The van der Waals surface area contributed by atoms with Crippen LogP contribution in [0.2, 0.25) is 0 Å². The van der Waals surface area contributed by atoms with Gasteiger partial charge in [-0.05, 0) is 50.3 Å². The van der Waals surface area contributed by atoms with E-state index in [1.54, 1.807) is 23.9 Å². The number of imidazole rings is 1. The van der Waals surface area contributed by atoms with E-state index in [9.17, 15) is 8.42 Å². The van der Waals surface area contributed by atoms with E-state index in [0.29, 0.717) is 13.1 Å². The van der Waals surface area contributed by atoms with Gasteiger partial charge in [0.25, 0.3) is 10.0 Å². The van der Waals surface area contributed by atoms with Crippen molar-refractivity contribution in [1.82, 2.24) is 13.9 Å². The van der Waals surface area contributed by atoms with Crippen LogP contribution in [0.3, 0.4) is 0 Å². The summed E-state index contributed by atoms with van der Waals surface area (Å²) in [7, 11) is -1.93. The summed E-state index contributed by atoms with van der Waals surface area (Å²) in [4.78, 5) is 4.15. The van der Waals surface area contributed by atoms with Gasteiger partial charge in [-0.25, -0.2) is 13.4 Å². The number of aromatic nitrogens is 2. The number of hydrogen-bond acceptors (Lipinski definition) is 4. The highest BCUT2D eigenvalue weighted by atomic mass is 32.2. The molecule has 1 aliphatic heterocycles. The van der Waals surface area contributed by atoms with Gasteiger partial charge in [-0.2, -0.15) is 4.31 Å². The minimum Gasteiger partial charge on any atom is -0.497 e. The van der Waals surface area contributed by atoms with Crippen molar-refractivity contribution >= 4 is 10.0 Å². The van der Waals surface area contributed by atoms with E-state index in [2.05, 4.69) is 4.98 Å². The molecule has 0 aliphatic carbocycles. The molecule has 1 aromatic carbocycles. The summed E-state index contributed by atoms with van der Waals surface area (Å²) in [5.41, 5.74) is 1.15. The molecule has 1 aromatic heterocycles. The van der Waals surface area contributed by atoms with Crippen molar-refractivity contribution in [2.45, 2.75) is 50.1 Å². The van der Waals surface area contributed by atoms with Gasteiger partial charge in [0.1, 0.15) is 5.75 Å². The second kappa shape index (κ2) is 7.80. The zero-order valence-corrected chi connectivity index (χ0v) is 16.4. The number of benzene rings is 1. The zero-order valence-electron chi connectivity index (χ0n) is 15.6. The smallest absolute Gasteiger partial charge is 0.262 e. The van der Waals surface area contributed by atoms with Gasteiger partial charge in [-0.3, -0.25) is 0 Å². The molecule has 1 aliphatic rings. The Morgan fingerprint density at radius 2 is 1.92 bits per heavy atom. The van der Waals surface area contributed by atoms with Crippen LogP contribution < -0.4 is 4.74 Å². The van der Waals surface area contributed by atoms with Crippen molar-refractivity contribution in [1.29, 1.82) is 0 Å². The van der Waals surface area contributed by atoms with E-state index in [-0.39, 0.29) is 17.0 Å². The van der Waals surface area contributed by atoms with Crippen LogP contribution in [-0.2, 0) is 10.0 Å². The Morgan fingerprint density at radius 1 is 1.19 bits per heavy atom. The van der Waals surface area contributed by atoms with Gasteiger partial charge in [0.05, 0.1) is 13.4 Å². The van der Waals surface area contributed by atoms with Crippen LogP contribution in [-0.4, -0.2) is 42.5 Å². The lowest BCUT2D eigenvalue weighted by atomic mass is 9.94. The Morgan fingerprint density at radius 3 is 2.54 bits per heavy atom. The normalized spacial score (nSPS) is 19.5. The molecule has 1 atom stereocenters. The highest BCUT2D eigenvalue weighted by Crippen LogP contribution is 2.30. The maximum absolute atomic E-state index is 13.1. The molecule has 142 valence electrons. The monoisotopic (exact) mass is 377 g/mol. The third-order valence-corrected chi connectivity index (χ3v) is 6.75. The lowest BCUT2D eigenvalue weighted by molar-refractivity contribution is 0.403. The van der Waals surface area contributed by atoms with Crippen molar-refractivity contribution in [3.63, 3.8) is 0 Å². The summed E-state index contributed by atoms with van der Waals surface area (Å²) >= 11 is 0. The van der Waals surface area contributed by atoms with Crippen LogP contribution >= 0.6 is 0 Å². The molecule has 0 spiro atoms. The van der Waals surface area contributed by atoms with Crippen molar-refractivity contribution < 1.29 is 13.2 Å². The first-order valence-corrected chi connectivity index (χ1v) is 10.5. The van der Waals surface area contributed by atoms with E-state index in [4.69, 9.17) is 4.74 Å². The molecule has 0 saturated carbocycles. The third-order valence-electron chi connectivity index (χ3n) is 5.00. The maximum Gasteiger partial charge on any atom is 0.262 e. The fourth-order valence-electron chi connectivity index (χ4n) is 3.34. The van der Waals surface area contributed by atoms with Crippen molar-refractivity contribution in [3.05, 3.63) is 42.4 Å². The Balaban J connectivity index is 1.83. The standard InChI is InChI=1S/C19H27N3O3S/c1-15(2)21-13-19(20-14-21)26(23,24)22-11-5-4-6-17(12-22)16-7-9-18(25-3)10-8-16/h7-10,13-15,17H,4-6,11-12H2,1-3H3. The summed E-state index contributed by atoms with van der Waals surface area (Å²) in [6.07, 6.45) is 6.10. The predicted molar refractivity (Wildman–Crippen MR) is 101 cm³/mol. The van der Waals surface area contributed by atoms with Gasteiger partial charge in [0.2, 0.25) is 0 Å². The second-order valence-corrected chi connectivity index (χ2v) is 8.97. The molecule has 26 heavy (non-hydrogen) atoms. The van der Waals surface area contributed by atoms with Gasteiger partial charge >= 0.3 is 0 Å².